The van der Waals surface area contributed by atoms with Crippen LogP contribution in [-0.4, -0.2) is 24.0 Å². The van der Waals surface area contributed by atoms with Crippen molar-refractivity contribution in [2.75, 3.05) is 13.2 Å². The first-order valence-electron chi connectivity index (χ1n) is 8.36. The molecule has 2 aromatic rings. The van der Waals surface area contributed by atoms with Gasteiger partial charge in [0.1, 0.15) is 5.75 Å². The highest BCUT2D eigenvalue weighted by Gasteiger charge is 2.30. The van der Waals surface area contributed by atoms with Crippen LogP contribution in [0.5, 0.6) is 5.75 Å². The number of amides is 1. The third-order valence-corrected chi connectivity index (χ3v) is 4.51. The van der Waals surface area contributed by atoms with Gasteiger partial charge in [-0.25, -0.2) is 0 Å². The van der Waals surface area contributed by atoms with Gasteiger partial charge in [0, 0.05) is 6.54 Å². The number of rotatable bonds is 6. The quantitative estimate of drug-likeness (QED) is 0.750. The Morgan fingerprint density at radius 1 is 1.25 bits per heavy atom. The maximum absolute atomic E-state index is 12.7. The molecule has 1 amide bonds. The van der Waals surface area contributed by atoms with E-state index in [0.717, 1.165) is 18.6 Å². The van der Waals surface area contributed by atoms with Crippen LogP contribution in [0.2, 0.25) is 0 Å². The fraction of sp³-hybridized carbons (Fsp3) is 0.286. The molecule has 124 valence electrons. The van der Waals surface area contributed by atoms with E-state index in [2.05, 4.69) is 24.8 Å². The molecule has 3 nitrogen and oxygen atoms in total. The largest absolute Gasteiger partial charge is 0.484 e. The molecule has 0 fully saturated rings. The number of nitrogens with zero attached hydrogens (tertiary/aromatic N) is 1. The summed E-state index contributed by atoms with van der Waals surface area (Å²) in [5, 5.41) is 0. The number of fused-ring (bicyclic) bond motifs is 1. The van der Waals surface area contributed by atoms with Gasteiger partial charge in [-0.2, -0.15) is 0 Å². The van der Waals surface area contributed by atoms with E-state index in [4.69, 9.17) is 4.74 Å². The Morgan fingerprint density at radius 2 is 2.00 bits per heavy atom. The Balaban J connectivity index is 1.70. The van der Waals surface area contributed by atoms with Crippen molar-refractivity contribution in [1.82, 2.24) is 4.90 Å². The molecule has 3 rings (SSSR count). The highest BCUT2D eigenvalue weighted by molar-refractivity contribution is 5.78. The molecule has 24 heavy (non-hydrogen) atoms. The maximum Gasteiger partial charge on any atom is 0.261 e. The molecule has 0 aromatic heterocycles. The lowest BCUT2D eigenvalue weighted by Crippen LogP contribution is -2.37. The van der Waals surface area contributed by atoms with E-state index in [1.807, 2.05) is 42.2 Å². The minimum atomic E-state index is -0.00261. The normalized spacial score (nSPS) is 15.6. The first-order valence-corrected chi connectivity index (χ1v) is 8.36. The van der Waals surface area contributed by atoms with E-state index >= 15 is 0 Å². The maximum atomic E-state index is 12.7. The molecule has 0 aliphatic heterocycles. The van der Waals surface area contributed by atoms with Gasteiger partial charge < -0.3 is 9.64 Å². The van der Waals surface area contributed by atoms with Gasteiger partial charge in [0.15, 0.2) is 6.61 Å². The van der Waals surface area contributed by atoms with Gasteiger partial charge in [0.2, 0.25) is 0 Å². The summed E-state index contributed by atoms with van der Waals surface area (Å²) in [5.74, 6) is 0.719. The van der Waals surface area contributed by atoms with E-state index in [0.29, 0.717) is 6.54 Å². The van der Waals surface area contributed by atoms with E-state index in [9.17, 15) is 4.79 Å². The van der Waals surface area contributed by atoms with Gasteiger partial charge in [-0.3, -0.25) is 4.79 Å². The molecule has 1 aliphatic carbocycles. The predicted molar refractivity (Wildman–Crippen MR) is 96.1 cm³/mol. The van der Waals surface area contributed by atoms with Crippen LogP contribution in [0.4, 0.5) is 0 Å². The Labute approximate surface area is 143 Å². The number of hydrogen-bond donors (Lipinski definition) is 0. The topological polar surface area (TPSA) is 29.5 Å². The molecule has 0 saturated carbocycles. The van der Waals surface area contributed by atoms with Crippen molar-refractivity contribution in [3.63, 3.8) is 0 Å². The number of carbonyl (C=O) groups is 1. The van der Waals surface area contributed by atoms with Gasteiger partial charge >= 0.3 is 0 Å². The first kappa shape index (κ1) is 16.3. The zero-order chi connectivity index (χ0) is 16.9. The molecule has 2 aromatic carbocycles. The summed E-state index contributed by atoms with van der Waals surface area (Å²) < 4.78 is 5.67. The summed E-state index contributed by atoms with van der Waals surface area (Å²) in [5.41, 5.74) is 3.76. The summed E-state index contributed by atoms with van der Waals surface area (Å²) in [6, 6.07) is 16.2. The van der Waals surface area contributed by atoms with Crippen LogP contribution in [0.15, 0.2) is 61.2 Å². The molecule has 1 unspecified atom stereocenters. The Morgan fingerprint density at radius 3 is 2.75 bits per heavy atom. The Hall–Kier alpha value is -2.55. The Bertz CT molecular complexity index is 721. The van der Waals surface area contributed by atoms with Gasteiger partial charge in [0.25, 0.3) is 5.91 Å². The number of ether oxygens (including phenoxy) is 1. The second-order valence-corrected chi connectivity index (χ2v) is 6.19. The predicted octanol–water partition coefficient (Wildman–Crippen LogP) is 4.08. The van der Waals surface area contributed by atoms with E-state index in [1.54, 1.807) is 6.08 Å². The zero-order valence-electron chi connectivity index (χ0n) is 14.1. The van der Waals surface area contributed by atoms with Gasteiger partial charge in [-0.1, -0.05) is 48.0 Å². The third kappa shape index (κ3) is 3.51. The van der Waals surface area contributed by atoms with Crippen LogP contribution in [0, 0.1) is 6.92 Å². The third-order valence-electron chi connectivity index (χ3n) is 4.51. The summed E-state index contributed by atoms with van der Waals surface area (Å²) in [4.78, 5) is 14.6. The van der Waals surface area contributed by atoms with Crippen molar-refractivity contribution in [1.29, 1.82) is 0 Å². The summed E-state index contributed by atoms with van der Waals surface area (Å²) in [6.45, 7) is 6.42. The molecular formula is C21H23NO2. The van der Waals surface area contributed by atoms with Gasteiger partial charge in [-0.15, -0.1) is 6.58 Å². The second-order valence-electron chi connectivity index (χ2n) is 6.19. The fourth-order valence-electron chi connectivity index (χ4n) is 3.26. The smallest absolute Gasteiger partial charge is 0.261 e. The molecule has 1 atom stereocenters. The number of carbonyl (C=O) groups excluding carboxylic acids is 1. The Kier molecular flexibility index (Phi) is 4.99. The van der Waals surface area contributed by atoms with E-state index in [1.165, 1.54) is 16.7 Å². The van der Waals surface area contributed by atoms with Crippen LogP contribution in [-0.2, 0) is 11.2 Å². The zero-order valence-corrected chi connectivity index (χ0v) is 14.1. The molecule has 3 heteroatoms. The standard InChI is InChI=1S/C21H23NO2/c1-3-14-22(20-13-10-17-6-4-5-7-19(17)20)21(23)15-24-18-11-8-16(2)9-12-18/h3-9,11-12,20H,1,10,13-15H2,2H3. The summed E-state index contributed by atoms with van der Waals surface area (Å²) in [6.07, 6.45) is 3.76. The van der Waals surface area contributed by atoms with Gasteiger partial charge in [0.05, 0.1) is 6.04 Å². The van der Waals surface area contributed by atoms with E-state index < -0.39 is 0 Å². The highest BCUT2D eigenvalue weighted by atomic mass is 16.5. The van der Waals surface area contributed by atoms with Crippen LogP contribution < -0.4 is 4.74 Å². The average molecular weight is 321 g/mol. The molecular weight excluding hydrogens is 298 g/mol. The molecule has 1 aliphatic rings. The molecule has 0 spiro atoms. The van der Waals surface area contributed by atoms with Crippen molar-refractivity contribution < 1.29 is 9.53 Å². The van der Waals surface area contributed by atoms with Crippen LogP contribution in [0.25, 0.3) is 0 Å². The second kappa shape index (κ2) is 7.35. The molecule has 0 N–H and O–H groups in total. The lowest BCUT2D eigenvalue weighted by atomic mass is 10.1. The minimum Gasteiger partial charge on any atom is -0.484 e. The SMILES string of the molecule is C=CCN(C(=O)COc1ccc(C)cc1)C1CCc2ccccc21. The molecule has 0 heterocycles. The number of aryl methyl sites for hydroxylation is 2. The fourth-order valence-corrected chi connectivity index (χ4v) is 3.26. The summed E-state index contributed by atoms with van der Waals surface area (Å²) in [7, 11) is 0. The lowest BCUT2D eigenvalue weighted by Gasteiger charge is -2.28. The summed E-state index contributed by atoms with van der Waals surface area (Å²) >= 11 is 0. The molecule has 0 saturated heterocycles. The van der Waals surface area contributed by atoms with Crippen molar-refractivity contribution in [2.24, 2.45) is 0 Å². The van der Waals surface area contributed by atoms with E-state index in [-0.39, 0.29) is 18.6 Å². The van der Waals surface area contributed by atoms with Crippen LogP contribution in [0.3, 0.4) is 0 Å². The molecule has 0 radical (unpaired) electrons. The van der Waals surface area contributed by atoms with Crippen LogP contribution in [0.1, 0.15) is 29.2 Å². The minimum absolute atomic E-state index is 0.00261. The van der Waals surface area contributed by atoms with Crippen molar-refractivity contribution in [2.45, 2.75) is 25.8 Å². The number of hydrogen-bond acceptors (Lipinski definition) is 2. The van der Waals surface area contributed by atoms with Gasteiger partial charge in [-0.05, 0) is 43.0 Å². The van der Waals surface area contributed by atoms with Crippen molar-refractivity contribution in [3.8, 4) is 5.75 Å². The lowest BCUT2D eigenvalue weighted by molar-refractivity contribution is -0.135. The number of benzene rings is 2. The highest BCUT2D eigenvalue weighted by Crippen LogP contribution is 2.35. The average Bonchev–Trinajstić information content (AvgIpc) is 3.03. The van der Waals surface area contributed by atoms with Crippen molar-refractivity contribution in [3.05, 3.63) is 77.9 Å². The molecule has 0 bridgehead atoms. The van der Waals surface area contributed by atoms with Crippen molar-refractivity contribution >= 4 is 5.91 Å². The van der Waals surface area contributed by atoms with Crippen LogP contribution >= 0.6 is 0 Å². The first-order chi connectivity index (χ1) is 11.7. The monoisotopic (exact) mass is 321 g/mol.